The molecule has 2 aromatic carbocycles. The van der Waals surface area contributed by atoms with Crippen LogP contribution in [-0.2, 0) is 17.6 Å². The lowest BCUT2D eigenvalue weighted by Crippen LogP contribution is -2.31. The van der Waals surface area contributed by atoms with E-state index in [-0.39, 0.29) is 18.3 Å². The average molecular weight is 333 g/mol. The summed E-state index contributed by atoms with van der Waals surface area (Å²) in [6.45, 7) is 1.02. The summed E-state index contributed by atoms with van der Waals surface area (Å²) in [5, 5.41) is 2.87. The van der Waals surface area contributed by atoms with Gasteiger partial charge >= 0.3 is 0 Å². The number of hydrogen-bond donors (Lipinski definition) is 2. The predicted molar refractivity (Wildman–Crippen MR) is 97.7 cm³/mol. The first kappa shape index (κ1) is 19.2. The maximum absolute atomic E-state index is 12.0. The van der Waals surface area contributed by atoms with Crippen LogP contribution in [-0.4, -0.2) is 19.0 Å². The van der Waals surface area contributed by atoms with Crippen LogP contribution in [0, 0.1) is 5.92 Å². The second kappa shape index (κ2) is 10.8. The zero-order chi connectivity index (χ0) is 15.6. The number of nitrogens with one attached hydrogen (secondary N) is 1. The zero-order valence-corrected chi connectivity index (χ0v) is 14.1. The van der Waals surface area contributed by atoms with Gasteiger partial charge in [0.25, 0.3) is 0 Å². The molecule has 0 spiro atoms. The first-order valence-corrected chi connectivity index (χ1v) is 7.82. The van der Waals surface area contributed by atoms with E-state index in [0.717, 1.165) is 12.8 Å². The van der Waals surface area contributed by atoms with Crippen LogP contribution in [0.25, 0.3) is 0 Å². The van der Waals surface area contributed by atoms with Gasteiger partial charge in [0.05, 0.1) is 0 Å². The van der Waals surface area contributed by atoms with Gasteiger partial charge in [0.15, 0.2) is 0 Å². The lowest BCUT2D eigenvalue weighted by molar-refractivity contribution is -0.121. The minimum Gasteiger partial charge on any atom is -0.355 e. The topological polar surface area (TPSA) is 55.1 Å². The Morgan fingerprint density at radius 1 is 0.913 bits per heavy atom. The molecular weight excluding hydrogens is 308 g/mol. The molecule has 0 radical (unpaired) electrons. The van der Waals surface area contributed by atoms with Gasteiger partial charge in [-0.05, 0) is 29.9 Å². The molecule has 2 rings (SSSR count). The molecule has 124 valence electrons. The second-order valence-electron chi connectivity index (χ2n) is 5.59. The van der Waals surface area contributed by atoms with E-state index in [1.165, 1.54) is 11.1 Å². The third kappa shape index (κ3) is 7.31. The van der Waals surface area contributed by atoms with Crippen LogP contribution in [0.2, 0.25) is 0 Å². The summed E-state index contributed by atoms with van der Waals surface area (Å²) in [6, 6.07) is 20.7. The van der Waals surface area contributed by atoms with Crippen molar-refractivity contribution in [2.24, 2.45) is 11.7 Å². The minimum atomic E-state index is 0. The highest BCUT2D eigenvalue weighted by Gasteiger charge is 2.15. The van der Waals surface area contributed by atoms with E-state index < -0.39 is 0 Å². The molecule has 4 heteroatoms. The zero-order valence-electron chi connectivity index (χ0n) is 13.3. The molecule has 23 heavy (non-hydrogen) atoms. The largest absolute Gasteiger partial charge is 0.355 e. The summed E-state index contributed by atoms with van der Waals surface area (Å²) in [6.07, 6.45) is 2.35. The van der Waals surface area contributed by atoms with Crippen molar-refractivity contribution < 1.29 is 4.79 Å². The van der Waals surface area contributed by atoms with Gasteiger partial charge in [0, 0.05) is 19.5 Å². The normalized spacial score (nSPS) is 10.2. The molecular formula is C19H25ClN2O. The third-order valence-electron chi connectivity index (χ3n) is 3.67. The van der Waals surface area contributed by atoms with Gasteiger partial charge < -0.3 is 11.1 Å². The third-order valence-corrected chi connectivity index (χ3v) is 3.67. The van der Waals surface area contributed by atoms with E-state index in [9.17, 15) is 4.79 Å². The molecule has 0 aliphatic carbocycles. The molecule has 0 unspecified atom stereocenters. The van der Waals surface area contributed by atoms with Crippen LogP contribution in [0.1, 0.15) is 17.5 Å². The van der Waals surface area contributed by atoms with Crippen LogP contribution < -0.4 is 11.1 Å². The number of carbonyl (C=O) groups is 1. The van der Waals surface area contributed by atoms with Gasteiger partial charge in [-0.15, -0.1) is 12.4 Å². The fourth-order valence-corrected chi connectivity index (χ4v) is 2.66. The van der Waals surface area contributed by atoms with Crippen molar-refractivity contribution in [2.75, 3.05) is 13.1 Å². The first-order valence-electron chi connectivity index (χ1n) is 7.82. The lowest BCUT2D eigenvalue weighted by atomic mass is 9.89. The van der Waals surface area contributed by atoms with Gasteiger partial charge in [0.1, 0.15) is 0 Å². The molecule has 0 atom stereocenters. The highest BCUT2D eigenvalue weighted by atomic mass is 35.5. The molecule has 0 aliphatic rings. The van der Waals surface area contributed by atoms with Crippen LogP contribution in [0.3, 0.4) is 0 Å². The van der Waals surface area contributed by atoms with E-state index in [0.29, 0.717) is 25.4 Å². The van der Waals surface area contributed by atoms with Crippen LogP contribution in [0.4, 0.5) is 0 Å². The van der Waals surface area contributed by atoms with Gasteiger partial charge in [0.2, 0.25) is 5.91 Å². The fourth-order valence-electron chi connectivity index (χ4n) is 2.66. The smallest absolute Gasteiger partial charge is 0.220 e. The van der Waals surface area contributed by atoms with Crippen molar-refractivity contribution in [2.45, 2.75) is 19.3 Å². The van der Waals surface area contributed by atoms with Crippen molar-refractivity contribution >= 4 is 18.3 Å². The Balaban J connectivity index is 0.00000264. The first-order chi connectivity index (χ1) is 10.8. The number of carbonyl (C=O) groups excluding carboxylic acids is 1. The highest BCUT2D eigenvalue weighted by Crippen LogP contribution is 2.18. The minimum absolute atomic E-state index is 0. The number of amides is 1. The van der Waals surface area contributed by atoms with Crippen molar-refractivity contribution in [3.05, 3.63) is 71.8 Å². The molecule has 0 saturated heterocycles. The Bertz CT molecular complexity index is 519. The maximum atomic E-state index is 12.0. The molecule has 2 aromatic rings. The monoisotopic (exact) mass is 332 g/mol. The maximum Gasteiger partial charge on any atom is 0.220 e. The van der Waals surface area contributed by atoms with Gasteiger partial charge in [-0.25, -0.2) is 0 Å². The number of rotatable bonds is 8. The van der Waals surface area contributed by atoms with Crippen LogP contribution >= 0.6 is 12.4 Å². The Morgan fingerprint density at radius 2 is 1.39 bits per heavy atom. The molecule has 3 N–H and O–H groups in total. The summed E-state index contributed by atoms with van der Waals surface area (Å²) in [7, 11) is 0. The number of nitrogens with two attached hydrogens (primary N) is 1. The molecule has 1 amide bonds. The van der Waals surface area contributed by atoms with E-state index >= 15 is 0 Å². The second-order valence-corrected chi connectivity index (χ2v) is 5.59. The number of benzene rings is 2. The molecule has 0 aliphatic heterocycles. The molecule has 0 aromatic heterocycles. The Hall–Kier alpha value is -1.84. The fraction of sp³-hybridized carbons (Fsp3) is 0.316. The summed E-state index contributed by atoms with van der Waals surface area (Å²) >= 11 is 0. The van der Waals surface area contributed by atoms with Crippen molar-refractivity contribution in [3.8, 4) is 0 Å². The molecule has 3 nitrogen and oxygen atoms in total. The summed E-state index contributed by atoms with van der Waals surface area (Å²) in [5.74, 6) is 0.380. The average Bonchev–Trinajstić information content (AvgIpc) is 2.55. The summed E-state index contributed by atoms with van der Waals surface area (Å²) in [5.41, 5.74) is 7.99. The van der Waals surface area contributed by atoms with Crippen molar-refractivity contribution in [3.63, 3.8) is 0 Å². The van der Waals surface area contributed by atoms with Gasteiger partial charge in [-0.3, -0.25) is 4.79 Å². The Kier molecular flexibility index (Phi) is 9.03. The van der Waals surface area contributed by atoms with Crippen molar-refractivity contribution in [1.29, 1.82) is 0 Å². The summed E-state index contributed by atoms with van der Waals surface area (Å²) in [4.78, 5) is 12.0. The SMILES string of the molecule is Cl.NCCNC(=O)CC(Cc1ccccc1)Cc1ccccc1. The number of hydrogen-bond acceptors (Lipinski definition) is 2. The molecule has 0 bridgehead atoms. The highest BCUT2D eigenvalue weighted by molar-refractivity contribution is 5.85. The van der Waals surface area contributed by atoms with E-state index in [1.807, 2.05) is 36.4 Å². The molecule has 0 fully saturated rings. The quantitative estimate of drug-likeness (QED) is 0.780. The van der Waals surface area contributed by atoms with E-state index in [2.05, 4.69) is 29.6 Å². The summed E-state index contributed by atoms with van der Waals surface area (Å²) < 4.78 is 0. The van der Waals surface area contributed by atoms with Gasteiger partial charge in [-0.1, -0.05) is 60.7 Å². The standard InChI is InChI=1S/C19H24N2O.ClH/c20-11-12-21-19(22)15-18(13-16-7-3-1-4-8-16)14-17-9-5-2-6-10-17;/h1-10,18H,11-15,20H2,(H,21,22);1H. The number of halogens is 1. The van der Waals surface area contributed by atoms with Gasteiger partial charge in [-0.2, -0.15) is 0 Å². The molecule has 0 heterocycles. The molecule has 0 saturated carbocycles. The van der Waals surface area contributed by atoms with Crippen LogP contribution in [0.5, 0.6) is 0 Å². The van der Waals surface area contributed by atoms with Crippen molar-refractivity contribution in [1.82, 2.24) is 5.32 Å². The van der Waals surface area contributed by atoms with Crippen LogP contribution in [0.15, 0.2) is 60.7 Å². The van der Waals surface area contributed by atoms with E-state index in [4.69, 9.17) is 5.73 Å². The Labute approximate surface area is 144 Å². The lowest BCUT2D eigenvalue weighted by Gasteiger charge is -2.17. The predicted octanol–water partition coefficient (Wildman–Crippen LogP) is 2.97. The Morgan fingerprint density at radius 3 is 1.83 bits per heavy atom. The van der Waals surface area contributed by atoms with E-state index in [1.54, 1.807) is 0 Å².